The molecular weight excluding hydrogens is 253 g/mol. The van der Waals surface area contributed by atoms with Crippen LogP contribution in [0, 0.1) is 19.7 Å². The number of nitrogens with one attached hydrogen (secondary N) is 1. The first kappa shape index (κ1) is 14.5. The summed E-state index contributed by atoms with van der Waals surface area (Å²) >= 11 is 0. The molecule has 0 unspecified atom stereocenters. The monoisotopic (exact) mass is 273 g/mol. The molecule has 0 saturated heterocycles. The fourth-order valence-corrected chi connectivity index (χ4v) is 2.00. The first-order chi connectivity index (χ1) is 9.61. The van der Waals surface area contributed by atoms with E-state index in [2.05, 4.69) is 5.32 Å². The maximum absolute atomic E-state index is 13.4. The molecule has 3 heteroatoms. The van der Waals surface area contributed by atoms with Crippen LogP contribution in [0.3, 0.4) is 0 Å². The molecular formula is C17H20FNO. The number of rotatable bonds is 5. The van der Waals surface area contributed by atoms with E-state index in [-0.39, 0.29) is 5.82 Å². The van der Waals surface area contributed by atoms with E-state index in [1.807, 2.05) is 39.0 Å². The number of hydrogen-bond acceptors (Lipinski definition) is 2. The lowest BCUT2D eigenvalue weighted by Gasteiger charge is -2.14. The number of hydrogen-bond donors (Lipinski definition) is 1. The smallest absolute Gasteiger partial charge is 0.132 e. The maximum atomic E-state index is 13.4. The molecule has 0 aromatic heterocycles. The average Bonchev–Trinajstić information content (AvgIpc) is 2.44. The molecule has 106 valence electrons. The minimum absolute atomic E-state index is 0.244. The summed E-state index contributed by atoms with van der Waals surface area (Å²) in [5.41, 5.74) is 3.11. The summed E-state index contributed by atoms with van der Waals surface area (Å²) in [5, 5.41) is 3.20. The number of ether oxygens (including phenoxy) is 1. The molecule has 0 radical (unpaired) electrons. The van der Waals surface area contributed by atoms with Gasteiger partial charge in [0.05, 0.1) is 0 Å². The first-order valence-corrected chi connectivity index (χ1v) is 6.85. The van der Waals surface area contributed by atoms with Crippen LogP contribution >= 0.6 is 0 Å². The molecule has 0 aliphatic rings. The van der Waals surface area contributed by atoms with E-state index < -0.39 is 0 Å². The molecule has 0 fully saturated rings. The third-order valence-electron chi connectivity index (χ3n) is 3.36. The fourth-order valence-electron chi connectivity index (χ4n) is 2.00. The van der Waals surface area contributed by atoms with E-state index in [0.29, 0.717) is 12.3 Å². The zero-order chi connectivity index (χ0) is 14.5. The molecule has 0 heterocycles. The van der Waals surface area contributed by atoms with Crippen molar-refractivity contribution in [3.63, 3.8) is 0 Å². The van der Waals surface area contributed by atoms with Gasteiger partial charge in [0.15, 0.2) is 0 Å². The van der Waals surface area contributed by atoms with E-state index in [0.717, 1.165) is 23.4 Å². The van der Waals surface area contributed by atoms with Gasteiger partial charge in [-0.1, -0.05) is 19.1 Å². The minimum Gasteiger partial charge on any atom is -0.457 e. The van der Waals surface area contributed by atoms with Crippen LogP contribution in [-0.4, -0.2) is 6.54 Å². The lowest BCUT2D eigenvalue weighted by Crippen LogP contribution is -2.12. The van der Waals surface area contributed by atoms with Gasteiger partial charge in [0, 0.05) is 12.1 Å². The average molecular weight is 273 g/mol. The van der Waals surface area contributed by atoms with Crippen molar-refractivity contribution in [2.24, 2.45) is 0 Å². The molecule has 2 aromatic carbocycles. The van der Waals surface area contributed by atoms with Crippen molar-refractivity contribution in [1.29, 1.82) is 0 Å². The van der Waals surface area contributed by atoms with E-state index in [1.165, 1.54) is 17.7 Å². The normalized spacial score (nSPS) is 10.6. The molecule has 0 aliphatic carbocycles. The van der Waals surface area contributed by atoms with Crippen LogP contribution < -0.4 is 10.1 Å². The summed E-state index contributed by atoms with van der Waals surface area (Å²) in [6, 6.07) is 10.6. The highest BCUT2D eigenvalue weighted by Gasteiger charge is 2.09. The van der Waals surface area contributed by atoms with Crippen molar-refractivity contribution in [2.75, 3.05) is 6.54 Å². The summed E-state index contributed by atoms with van der Waals surface area (Å²) in [7, 11) is 0. The van der Waals surface area contributed by atoms with Gasteiger partial charge in [-0.05, 0) is 55.8 Å². The molecule has 0 bridgehead atoms. The van der Waals surface area contributed by atoms with Gasteiger partial charge < -0.3 is 10.1 Å². The van der Waals surface area contributed by atoms with Gasteiger partial charge >= 0.3 is 0 Å². The Hall–Kier alpha value is -1.87. The van der Waals surface area contributed by atoms with Gasteiger partial charge in [0.2, 0.25) is 0 Å². The van der Waals surface area contributed by atoms with E-state index in [1.54, 1.807) is 6.07 Å². The Morgan fingerprint density at radius 3 is 2.65 bits per heavy atom. The highest BCUT2D eigenvalue weighted by Crippen LogP contribution is 2.29. The molecule has 0 amide bonds. The molecule has 20 heavy (non-hydrogen) atoms. The molecule has 2 aromatic rings. The van der Waals surface area contributed by atoms with Crippen LogP contribution in [0.5, 0.6) is 11.5 Å². The molecule has 2 rings (SSSR count). The van der Waals surface area contributed by atoms with E-state index in [4.69, 9.17) is 4.74 Å². The van der Waals surface area contributed by atoms with Crippen LogP contribution in [0.2, 0.25) is 0 Å². The van der Waals surface area contributed by atoms with Crippen molar-refractivity contribution in [3.05, 3.63) is 58.9 Å². The standard InChI is InChI=1S/C17H20FNO/c1-4-19-11-14-10-15(18)8-9-17(14)20-16-7-5-6-12(2)13(16)3/h5-10,19H,4,11H2,1-3H3. The Labute approximate surface area is 119 Å². The highest BCUT2D eigenvalue weighted by molar-refractivity contribution is 5.43. The van der Waals surface area contributed by atoms with E-state index in [9.17, 15) is 4.39 Å². The van der Waals surface area contributed by atoms with Crippen molar-refractivity contribution >= 4 is 0 Å². The van der Waals surface area contributed by atoms with Gasteiger partial charge in [0.25, 0.3) is 0 Å². The third-order valence-corrected chi connectivity index (χ3v) is 3.36. The quantitative estimate of drug-likeness (QED) is 0.874. The van der Waals surface area contributed by atoms with Crippen LogP contribution in [0.1, 0.15) is 23.6 Å². The van der Waals surface area contributed by atoms with Crippen LogP contribution in [-0.2, 0) is 6.54 Å². The van der Waals surface area contributed by atoms with Crippen molar-refractivity contribution in [2.45, 2.75) is 27.3 Å². The van der Waals surface area contributed by atoms with Crippen molar-refractivity contribution in [3.8, 4) is 11.5 Å². The Morgan fingerprint density at radius 2 is 1.90 bits per heavy atom. The Kier molecular flexibility index (Phi) is 4.74. The second kappa shape index (κ2) is 6.53. The topological polar surface area (TPSA) is 21.3 Å². The zero-order valence-electron chi connectivity index (χ0n) is 12.2. The van der Waals surface area contributed by atoms with Crippen LogP contribution in [0.4, 0.5) is 4.39 Å². The van der Waals surface area contributed by atoms with Gasteiger partial charge in [-0.15, -0.1) is 0 Å². The van der Waals surface area contributed by atoms with Crippen molar-refractivity contribution < 1.29 is 9.13 Å². The predicted octanol–water partition coefficient (Wildman–Crippen LogP) is 4.34. The van der Waals surface area contributed by atoms with Gasteiger partial charge in [-0.3, -0.25) is 0 Å². The van der Waals surface area contributed by atoms with Gasteiger partial charge in [-0.2, -0.15) is 0 Å². The Bertz CT molecular complexity index is 596. The molecule has 2 nitrogen and oxygen atoms in total. The highest BCUT2D eigenvalue weighted by atomic mass is 19.1. The summed E-state index contributed by atoms with van der Waals surface area (Å²) in [6.07, 6.45) is 0. The molecule has 0 aliphatic heterocycles. The molecule has 0 spiro atoms. The number of benzene rings is 2. The molecule has 0 atom stereocenters. The Balaban J connectivity index is 2.30. The fraction of sp³-hybridized carbons (Fsp3) is 0.294. The summed E-state index contributed by atoms with van der Waals surface area (Å²) in [6.45, 7) is 7.52. The number of halogens is 1. The first-order valence-electron chi connectivity index (χ1n) is 6.85. The summed E-state index contributed by atoms with van der Waals surface area (Å²) in [4.78, 5) is 0. The number of aryl methyl sites for hydroxylation is 1. The molecule has 1 N–H and O–H groups in total. The summed E-state index contributed by atoms with van der Waals surface area (Å²) < 4.78 is 19.3. The third kappa shape index (κ3) is 3.36. The van der Waals surface area contributed by atoms with Crippen molar-refractivity contribution in [1.82, 2.24) is 5.32 Å². The Morgan fingerprint density at radius 1 is 1.10 bits per heavy atom. The van der Waals surface area contributed by atoms with E-state index >= 15 is 0 Å². The lowest BCUT2D eigenvalue weighted by molar-refractivity contribution is 0.466. The predicted molar refractivity (Wildman–Crippen MR) is 79.8 cm³/mol. The van der Waals surface area contributed by atoms with Crippen LogP contribution in [0.25, 0.3) is 0 Å². The largest absolute Gasteiger partial charge is 0.457 e. The van der Waals surface area contributed by atoms with Gasteiger partial charge in [-0.25, -0.2) is 4.39 Å². The lowest BCUT2D eigenvalue weighted by atomic mass is 10.1. The molecule has 0 saturated carbocycles. The second-order valence-corrected chi connectivity index (χ2v) is 4.83. The maximum Gasteiger partial charge on any atom is 0.132 e. The second-order valence-electron chi connectivity index (χ2n) is 4.83. The summed E-state index contributed by atoms with van der Waals surface area (Å²) in [5.74, 6) is 1.27. The SMILES string of the molecule is CCNCc1cc(F)ccc1Oc1cccc(C)c1C. The minimum atomic E-state index is -0.244. The zero-order valence-corrected chi connectivity index (χ0v) is 12.2. The van der Waals surface area contributed by atoms with Crippen LogP contribution in [0.15, 0.2) is 36.4 Å². The van der Waals surface area contributed by atoms with Gasteiger partial charge in [0.1, 0.15) is 17.3 Å².